The number of likely N-dealkylation sites (tertiary alicyclic amines) is 1. The SMILES string of the molecule is CN1CCC(NC2CCOC2)C1=O. The van der Waals surface area contributed by atoms with Gasteiger partial charge in [-0.15, -0.1) is 0 Å². The van der Waals surface area contributed by atoms with Gasteiger partial charge < -0.3 is 15.0 Å². The minimum atomic E-state index is 0.0386. The maximum atomic E-state index is 11.5. The number of hydrogen-bond donors (Lipinski definition) is 1. The van der Waals surface area contributed by atoms with E-state index in [4.69, 9.17) is 4.74 Å². The first-order valence-electron chi connectivity index (χ1n) is 4.86. The Morgan fingerprint density at radius 1 is 1.54 bits per heavy atom. The molecular weight excluding hydrogens is 168 g/mol. The molecule has 0 radical (unpaired) electrons. The van der Waals surface area contributed by atoms with E-state index in [1.54, 1.807) is 4.90 Å². The highest BCUT2D eigenvalue weighted by Crippen LogP contribution is 2.12. The number of carbonyl (C=O) groups excluding carboxylic acids is 1. The van der Waals surface area contributed by atoms with Crippen LogP contribution in [0.15, 0.2) is 0 Å². The van der Waals surface area contributed by atoms with E-state index >= 15 is 0 Å². The highest BCUT2D eigenvalue weighted by atomic mass is 16.5. The van der Waals surface area contributed by atoms with Crippen LogP contribution in [0.2, 0.25) is 0 Å². The summed E-state index contributed by atoms with van der Waals surface area (Å²) in [5, 5.41) is 3.34. The first-order valence-corrected chi connectivity index (χ1v) is 4.86. The molecule has 0 aromatic carbocycles. The van der Waals surface area contributed by atoms with Gasteiger partial charge in [-0.05, 0) is 12.8 Å². The van der Waals surface area contributed by atoms with Crippen molar-refractivity contribution in [2.45, 2.75) is 24.9 Å². The molecule has 74 valence electrons. The van der Waals surface area contributed by atoms with Gasteiger partial charge in [-0.3, -0.25) is 4.79 Å². The molecule has 2 atom stereocenters. The van der Waals surface area contributed by atoms with Gasteiger partial charge in [0.1, 0.15) is 0 Å². The van der Waals surface area contributed by atoms with E-state index in [2.05, 4.69) is 5.32 Å². The predicted octanol–water partition coefficient (Wildman–Crippen LogP) is -0.404. The number of ether oxygens (including phenoxy) is 1. The molecule has 4 nitrogen and oxygen atoms in total. The number of rotatable bonds is 2. The first kappa shape index (κ1) is 8.97. The largest absolute Gasteiger partial charge is 0.380 e. The van der Waals surface area contributed by atoms with Gasteiger partial charge in [0.15, 0.2) is 0 Å². The third-order valence-corrected chi connectivity index (χ3v) is 2.79. The molecule has 2 aliphatic rings. The number of nitrogens with zero attached hydrogens (tertiary/aromatic N) is 1. The molecule has 1 N–H and O–H groups in total. The van der Waals surface area contributed by atoms with Crippen molar-refractivity contribution >= 4 is 5.91 Å². The highest BCUT2D eigenvalue weighted by molar-refractivity contribution is 5.83. The molecule has 0 saturated carbocycles. The lowest BCUT2D eigenvalue weighted by Crippen LogP contribution is -2.43. The Kier molecular flexibility index (Phi) is 2.51. The van der Waals surface area contributed by atoms with Crippen molar-refractivity contribution in [3.05, 3.63) is 0 Å². The van der Waals surface area contributed by atoms with Gasteiger partial charge in [-0.1, -0.05) is 0 Å². The average Bonchev–Trinajstić information content (AvgIpc) is 2.71. The molecule has 0 spiro atoms. The molecule has 0 aromatic heterocycles. The normalized spacial score (nSPS) is 34.5. The summed E-state index contributed by atoms with van der Waals surface area (Å²) >= 11 is 0. The third kappa shape index (κ3) is 1.84. The van der Waals surface area contributed by atoms with Crippen molar-refractivity contribution in [1.82, 2.24) is 10.2 Å². The Morgan fingerprint density at radius 3 is 2.92 bits per heavy atom. The summed E-state index contributed by atoms with van der Waals surface area (Å²) in [4.78, 5) is 13.3. The second-order valence-corrected chi connectivity index (χ2v) is 3.83. The summed E-state index contributed by atoms with van der Waals surface area (Å²) in [6.07, 6.45) is 1.97. The fourth-order valence-corrected chi connectivity index (χ4v) is 1.93. The molecule has 2 rings (SSSR count). The highest BCUT2D eigenvalue weighted by Gasteiger charge is 2.31. The van der Waals surface area contributed by atoms with Gasteiger partial charge in [0.2, 0.25) is 5.91 Å². The van der Waals surface area contributed by atoms with Crippen LogP contribution in [0.1, 0.15) is 12.8 Å². The second kappa shape index (κ2) is 3.64. The van der Waals surface area contributed by atoms with Gasteiger partial charge >= 0.3 is 0 Å². The van der Waals surface area contributed by atoms with E-state index in [1.807, 2.05) is 7.05 Å². The maximum absolute atomic E-state index is 11.5. The molecular formula is C9H16N2O2. The number of carbonyl (C=O) groups is 1. The quantitative estimate of drug-likeness (QED) is 0.634. The van der Waals surface area contributed by atoms with Crippen molar-refractivity contribution in [1.29, 1.82) is 0 Å². The van der Waals surface area contributed by atoms with Crippen LogP contribution < -0.4 is 5.32 Å². The van der Waals surface area contributed by atoms with Crippen LogP contribution in [-0.2, 0) is 9.53 Å². The first-order chi connectivity index (χ1) is 6.27. The molecule has 2 heterocycles. The molecule has 0 aliphatic carbocycles. The van der Waals surface area contributed by atoms with Crippen LogP contribution in [0.5, 0.6) is 0 Å². The molecule has 1 amide bonds. The Bertz CT molecular complexity index is 202. The lowest BCUT2D eigenvalue weighted by atomic mass is 10.2. The van der Waals surface area contributed by atoms with Crippen molar-refractivity contribution < 1.29 is 9.53 Å². The Morgan fingerprint density at radius 2 is 2.38 bits per heavy atom. The second-order valence-electron chi connectivity index (χ2n) is 3.83. The number of hydrogen-bond acceptors (Lipinski definition) is 3. The summed E-state index contributed by atoms with van der Waals surface area (Å²) in [6.45, 7) is 2.46. The van der Waals surface area contributed by atoms with Gasteiger partial charge in [0, 0.05) is 26.2 Å². The van der Waals surface area contributed by atoms with E-state index in [-0.39, 0.29) is 11.9 Å². The lowest BCUT2D eigenvalue weighted by Gasteiger charge is -2.16. The molecule has 2 saturated heterocycles. The summed E-state index contributed by atoms with van der Waals surface area (Å²) in [5.74, 6) is 0.229. The summed E-state index contributed by atoms with van der Waals surface area (Å²) in [5.41, 5.74) is 0. The molecule has 2 unspecified atom stereocenters. The Hall–Kier alpha value is -0.610. The predicted molar refractivity (Wildman–Crippen MR) is 48.4 cm³/mol. The molecule has 0 bridgehead atoms. The van der Waals surface area contributed by atoms with Gasteiger partial charge in [0.05, 0.1) is 12.6 Å². The standard InChI is InChI=1S/C9H16N2O2/c1-11-4-2-8(9(11)12)10-7-3-5-13-6-7/h7-8,10H,2-6H2,1H3. The molecule has 2 aliphatic heterocycles. The Labute approximate surface area is 78.2 Å². The fraction of sp³-hybridized carbons (Fsp3) is 0.889. The number of nitrogens with one attached hydrogen (secondary N) is 1. The third-order valence-electron chi connectivity index (χ3n) is 2.79. The van der Waals surface area contributed by atoms with Crippen LogP contribution in [0.25, 0.3) is 0 Å². The number of likely N-dealkylation sites (N-methyl/N-ethyl adjacent to an activating group) is 1. The molecule has 2 fully saturated rings. The minimum absolute atomic E-state index is 0.0386. The van der Waals surface area contributed by atoms with Crippen molar-refractivity contribution in [3.63, 3.8) is 0 Å². The topological polar surface area (TPSA) is 41.6 Å². The van der Waals surface area contributed by atoms with Crippen LogP contribution in [0.4, 0.5) is 0 Å². The van der Waals surface area contributed by atoms with Gasteiger partial charge in [-0.25, -0.2) is 0 Å². The molecule has 4 heteroatoms. The Balaban J connectivity index is 1.84. The van der Waals surface area contributed by atoms with E-state index in [9.17, 15) is 4.79 Å². The number of amides is 1. The van der Waals surface area contributed by atoms with Gasteiger partial charge in [0.25, 0.3) is 0 Å². The van der Waals surface area contributed by atoms with Crippen LogP contribution >= 0.6 is 0 Å². The monoisotopic (exact) mass is 184 g/mol. The lowest BCUT2D eigenvalue weighted by molar-refractivity contribution is -0.128. The fourth-order valence-electron chi connectivity index (χ4n) is 1.93. The van der Waals surface area contributed by atoms with E-state index in [1.165, 1.54) is 0 Å². The smallest absolute Gasteiger partial charge is 0.239 e. The molecule has 0 aromatic rings. The van der Waals surface area contributed by atoms with E-state index < -0.39 is 0 Å². The van der Waals surface area contributed by atoms with E-state index in [0.29, 0.717) is 6.04 Å². The average molecular weight is 184 g/mol. The van der Waals surface area contributed by atoms with Crippen LogP contribution in [0.3, 0.4) is 0 Å². The summed E-state index contributed by atoms with van der Waals surface area (Å²) in [6, 6.07) is 0.428. The van der Waals surface area contributed by atoms with E-state index in [0.717, 1.165) is 32.6 Å². The van der Waals surface area contributed by atoms with Crippen LogP contribution in [-0.4, -0.2) is 49.7 Å². The zero-order valence-electron chi connectivity index (χ0n) is 7.95. The maximum Gasteiger partial charge on any atom is 0.239 e. The van der Waals surface area contributed by atoms with Crippen LogP contribution in [0, 0.1) is 0 Å². The minimum Gasteiger partial charge on any atom is -0.380 e. The molecule has 13 heavy (non-hydrogen) atoms. The van der Waals surface area contributed by atoms with Crippen molar-refractivity contribution in [2.24, 2.45) is 0 Å². The summed E-state index contributed by atoms with van der Waals surface area (Å²) < 4.78 is 5.24. The zero-order valence-corrected chi connectivity index (χ0v) is 7.95. The van der Waals surface area contributed by atoms with Crippen molar-refractivity contribution in [3.8, 4) is 0 Å². The summed E-state index contributed by atoms with van der Waals surface area (Å²) in [7, 11) is 1.86. The zero-order chi connectivity index (χ0) is 9.26. The van der Waals surface area contributed by atoms with Crippen molar-refractivity contribution in [2.75, 3.05) is 26.8 Å². The van der Waals surface area contributed by atoms with Gasteiger partial charge in [-0.2, -0.15) is 0 Å².